The lowest BCUT2D eigenvalue weighted by molar-refractivity contribution is -0.125. The first kappa shape index (κ1) is 18.4. The largest absolute Gasteiger partial charge is 0.465 e. The van der Waals surface area contributed by atoms with E-state index >= 15 is 0 Å². The number of esters is 1. The van der Waals surface area contributed by atoms with E-state index in [4.69, 9.17) is 4.74 Å². The van der Waals surface area contributed by atoms with Gasteiger partial charge in [-0.3, -0.25) is 9.69 Å². The van der Waals surface area contributed by atoms with Crippen molar-refractivity contribution in [2.45, 2.75) is 39.3 Å². The number of ether oxygens (including phenoxy) is 1. The van der Waals surface area contributed by atoms with Gasteiger partial charge in [-0.25, -0.2) is 9.18 Å². The number of nitrogens with zero attached hydrogens (tertiary/aromatic N) is 1. The number of halogens is 1. The maximum absolute atomic E-state index is 13.4. The van der Waals surface area contributed by atoms with Crippen molar-refractivity contribution in [2.24, 2.45) is 5.92 Å². The Morgan fingerprint density at radius 2 is 2.17 bits per heavy atom. The van der Waals surface area contributed by atoms with Crippen LogP contribution in [-0.4, -0.2) is 43.0 Å². The minimum absolute atomic E-state index is 0.0385. The number of carbonyl (C=O) groups excluding carboxylic acids is 2. The van der Waals surface area contributed by atoms with Crippen LogP contribution in [-0.2, 0) is 16.1 Å². The predicted octanol–water partition coefficient (Wildman–Crippen LogP) is 2.35. The molecule has 1 heterocycles. The summed E-state index contributed by atoms with van der Waals surface area (Å²) in [6.45, 7) is 5.87. The Morgan fingerprint density at radius 3 is 2.83 bits per heavy atom. The molecule has 0 radical (unpaired) electrons. The molecule has 1 N–H and O–H groups in total. The number of rotatable bonds is 5. The molecule has 0 bridgehead atoms. The summed E-state index contributed by atoms with van der Waals surface area (Å²) < 4.78 is 18.2. The highest BCUT2D eigenvalue weighted by Gasteiger charge is 2.24. The van der Waals surface area contributed by atoms with E-state index in [0.717, 1.165) is 31.5 Å². The van der Waals surface area contributed by atoms with Gasteiger partial charge in [-0.2, -0.15) is 0 Å². The van der Waals surface area contributed by atoms with E-state index in [-0.39, 0.29) is 23.4 Å². The normalized spacial score (nSPS) is 18.5. The maximum Gasteiger partial charge on any atom is 0.338 e. The number of likely N-dealkylation sites (tertiary alicyclic amines) is 1. The number of hydrogen-bond donors (Lipinski definition) is 1. The van der Waals surface area contributed by atoms with Crippen LogP contribution >= 0.6 is 0 Å². The van der Waals surface area contributed by atoms with Gasteiger partial charge >= 0.3 is 5.97 Å². The fraction of sp³-hybridized carbons (Fsp3) is 0.556. The van der Waals surface area contributed by atoms with Gasteiger partial charge in [0.2, 0.25) is 5.91 Å². The van der Waals surface area contributed by atoms with E-state index in [1.165, 1.54) is 19.2 Å². The second-order valence-corrected chi connectivity index (χ2v) is 6.53. The van der Waals surface area contributed by atoms with Crippen molar-refractivity contribution in [3.05, 3.63) is 35.1 Å². The summed E-state index contributed by atoms with van der Waals surface area (Å²) in [7, 11) is 1.29. The quantitative estimate of drug-likeness (QED) is 0.839. The van der Waals surface area contributed by atoms with E-state index in [1.54, 1.807) is 6.07 Å². The van der Waals surface area contributed by atoms with Crippen molar-refractivity contribution in [2.75, 3.05) is 20.2 Å². The van der Waals surface area contributed by atoms with Crippen LogP contribution in [0, 0.1) is 11.7 Å². The number of amides is 1. The zero-order valence-electron chi connectivity index (χ0n) is 14.5. The molecule has 1 aromatic rings. The Balaban J connectivity index is 2.05. The number of piperidine rings is 1. The molecule has 132 valence electrons. The summed E-state index contributed by atoms with van der Waals surface area (Å²) in [4.78, 5) is 25.9. The smallest absolute Gasteiger partial charge is 0.338 e. The number of methoxy groups -OCH3 is 1. The fourth-order valence-electron chi connectivity index (χ4n) is 2.91. The zero-order chi connectivity index (χ0) is 17.7. The highest BCUT2D eigenvalue weighted by atomic mass is 19.1. The lowest BCUT2D eigenvalue weighted by atomic mass is 10.0. The lowest BCUT2D eigenvalue weighted by Crippen LogP contribution is -2.48. The molecule has 1 aromatic carbocycles. The number of benzene rings is 1. The molecule has 6 heteroatoms. The number of carbonyl (C=O) groups is 2. The van der Waals surface area contributed by atoms with Gasteiger partial charge in [0, 0.05) is 25.0 Å². The van der Waals surface area contributed by atoms with Gasteiger partial charge in [0.05, 0.1) is 12.7 Å². The molecule has 1 amide bonds. The van der Waals surface area contributed by atoms with E-state index in [2.05, 4.69) is 10.2 Å². The molecule has 0 aliphatic carbocycles. The highest BCUT2D eigenvalue weighted by Crippen LogP contribution is 2.18. The molecule has 0 aromatic heterocycles. The molecular formula is C18H25FN2O3. The first-order valence-electron chi connectivity index (χ1n) is 8.30. The second kappa shape index (κ2) is 8.24. The first-order valence-corrected chi connectivity index (χ1v) is 8.30. The first-order chi connectivity index (χ1) is 11.4. The van der Waals surface area contributed by atoms with Crippen LogP contribution < -0.4 is 5.32 Å². The summed E-state index contributed by atoms with van der Waals surface area (Å²) in [5.41, 5.74) is 0.991. The van der Waals surface area contributed by atoms with Gasteiger partial charge in [-0.1, -0.05) is 19.9 Å². The average molecular weight is 336 g/mol. The van der Waals surface area contributed by atoms with Gasteiger partial charge in [0.25, 0.3) is 0 Å². The minimum atomic E-state index is -0.536. The molecule has 1 fully saturated rings. The third-order valence-corrected chi connectivity index (χ3v) is 4.25. The molecule has 0 spiro atoms. The molecule has 1 aliphatic heterocycles. The molecule has 1 atom stereocenters. The van der Waals surface area contributed by atoms with E-state index < -0.39 is 11.8 Å². The molecule has 2 rings (SSSR count). The third-order valence-electron chi connectivity index (χ3n) is 4.25. The van der Waals surface area contributed by atoms with Gasteiger partial charge in [-0.05, 0) is 37.1 Å². The molecule has 1 unspecified atom stereocenters. The number of hydrogen-bond acceptors (Lipinski definition) is 4. The van der Waals surface area contributed by atoms with Crippen LogP contribution in [0.15, 0.2) is 18.2 Å². The summed E-state index contributed by atoms with van der Waals surface area (Å²) >= 11 is 0. The van der Waals surface area contributed by atoms with Crippen molar-refractivity contribution in [3.63, 3.8) is 0 Å². The Bertz CT molecular complexity index is 604. The van der Waals surface area contributed by atoms with Crippen molar-refractivity contribution < 1.29 is 18.7 Å². The van der Waals surface area contributed by atoms with Gasteiger partial charge in [-0.15, -0.1) is 0 Å². The third kappa shape index (κ3) is 4.77. The number of nitrogens with one attached hydrogen (secondary N) is 1. The standard InChI is InChI=1S/C18H25FN2O3/c1-12(2)17(22)20-15-5-4-8-21(11-15)10-13-6-7-14(19)9-16(13)18(23)24-3/h6-7,9,12,15H,4-5,8,10-11H2,1-3H3,(H,20,22). The Kier molecular flexibility index (Phi) is 6.31. The van der Waals surface area contributed by atoms with Crippen molar-refractivity contribution in [3.8, 4) is 0 Å². The van der Waals surface area contributed by atoms with Crippen molar-refractivity contribution in [1.29, 1.82) is 0 Å². The van der Waals surface area contributed by atoms with Crippen LogP contribution in [0.5, 0.6) is 0 Å². The van der Waals surface area contributed by atoms with Crippen molar-refractivity contribution >= 4 is 11.9 Å². The molecule has 1 aliphatic rings. The summed E-state index contributed by atoms with van der Waals surface area (Å²) in [5.74, 6) is -0.978. The Hall–Kier alpha value is -1.95. The molecule has 24 heavy (non-hydrogen) atoms. The zero-order valence-corrected chi connectivity index (χ0v) is 14.5. The van der Waals surface area contributed by atoms with Crippen LogP contribution in [0.1, 0.15) is 42.6 Å². The highest BCUT2D eigenvalue weighted by molar-refractivity contribution is 5.91. The topological polar surface area (TPSA) is 58.6 Å². The molecule has 0 saturated carbocycles. The summed E-state index contributed by atoms with van der Waals surface area (Å²) in [5, 5.41) is 3.06. The average Bonchev–Trinajstić information content (AvgIpc) is 2.56. The van der Waals surface area contributed by atoms with Gasteiger partial charge < -0.3 is 10.1 Å². The Labute approximate surface area is 142 Å². The van der Waals surface area contributed by atoms with Crippen LogP contribution in [0.3, 0.4) is 0 Å². The summed E-state index contributed by atoms with van der Waals surface area (Å²) in [6, 6.07) is 4.29. The monoisotopic (exact) mass is 336 g/mol. The molecular weight excluding hydrogens is 311 g/mol. The molecule has 5 nitrogen and oxygen atoms in total. The van der Waals surface area contributed by atoms with Crippen LogP contribution in [0.2, 0.25) is 0 Å². The minimum Gasteiger partial charge on any atom is -0.465 e. The second-order valence-electron chi connectivity index (χ2n) is 6.53. The SMILES string of the molecule is COC(=O)c1cc(F)ccc1CN1CCCC(NC(=O)C(C)C)C1. The summed E-state index contributed by atoms with van der Waals surface area (Å²) in [6.07, 6.45) is 1.92. The van der Waals surface area contributed by atoms with Gasteiger partial charge in [0.15, 0.2) is 0 Å². The van der Waals surface area contributed by atoms with E-state index in [9.17, 15) is 14.0 Å². The Morgan fingerprint density at radius 1 is 1.42 bits per heavy atom. The maximum atomic E-state index is 13.4. The molecule has 1 saturated heterocycles. The fourth-order valence-corrected chi connectivity index (χ4v) is 2.91. The van der Waals surface area contributed by atoms with Crippen molar-refractivity contribution in [1.82, 2.24) is 10.2 Å². The lowest BCUT2D eigenvalue weighted by Gasteiger charge is -2.33. The van der Waals surface area contributed by atoms with Gasteiger partial charge in [0.1, 0.15) is 5.82 Å². The van der Waals surface area contributed by atoms with E-state index in [1.807, 2.05) is 13.8 Å². The van der Waals surface area contributed by atoms with E-state index in [0.29, 0.717) is 6.54 Å². The predicted molar refractivity (Wildman–Crippen MR) is 89.0 cm³/mol. The van der Waals surface area contributed by atoms with Crippen LogP contribution in [0.4, 0.5) is 4.39 Å². The van der Waals surface area contributed by atoms with Crippen LogP contribution in [0.25, 0.3) is 0 Å².